The highest BCUT2D eigenvalue weighted by molar-refractivity contribution is 14.1. The van der Waals surface area contributed by atoms with Gasteiger partial charge in [-0.1, -0.05) is 0 Å². The topological polar surface area (TPSA) is 69.7 Å². The number of halogens is 1. The van der Waals surface area contributed by atoms with E-state index in [2.05, 4.69) is 32.8 Å². The Balaban J connectivity index is 2.00. The summed E-state index contributed by atoms with van der Waals surface area (Å²) in [4.78, 5) is 15.2. The number of hydrogen-bond donors (Lipinski definition) is 1. The van der Waals surface area contributed by atoms with Gasteiger partial charge in [-0.05, 0) is 77.9 Å². The van der Waals surface area contributed by atoms with Gasteiger partial charge in [0.1, 0.15) is 0 Å². The number of sulfonamides is 1. The lowest BCUT2D eigenvalue weighted by Gasteiger charge is -2.22. The van der Waals surface area contributed by atoms with Crippen LogP contribution in [0.25, 0.3) is 0 Å². The Morgan fingerprint density at radius 2 is 1.70 bits per heavy atom. The zero-order valence-electron chi connectivity index (χ0n) is 15.3. The predicted molar refractivity (Wildman–Crippen MR) is 116 cm³/mol. The number of hydrogen-bond acceptors (Lipinski definition) is 4. The molecule has 1 N–H and O–H groups in total. The summed E-state index contributed by atoms with van der Waals surface area (Å²) in [6.07, 6.45) is 2.13. The Morgan fingerprint density at radius 3 is 2.30 bits per heavy atom. The van der Waals surface area contributed by atoms with E-state index in [4.69, 9.17) is 0 Å². The molecule has 0 spiro atoms. The fourth-order valence-corrected chi connectivity index (χ4v) is 4.32. The van der Waals surface area contributed by atoms with E-state index in [1.807, 2.05) is 24.3 Å². The molecular formula is C19H22IN3O3S. The van der Waals surface area contributed by atoms with Gasteiger partial charge in [0.05, 0.1) is 10.5 Å². The maximum atomic E-state index is 13.0. The Labute approximate surface area is 173 Å². The summed E-state index contributed by atoms with van der Waals surface area (Å²) < 4.78 is 27.3. The van der Waals surface area contributed by atoms with Gasteiger partial charge < -0.3 is 10.2 Å². The van der Waals surface area contributed by atoms with E-state index < -0.39 is 10.0 Å². The van der Waals surface area contributed by atoms with Gasteiger partial charge in [0.2, 0.25) is 10.0 Å². The molecule has 0 radical (unpaired) electrons. The average Bonchev–Trinajstić information content (AvgIpc) is 3.17. The third-order valence-electron chi connectivity index (χ3n) is 4.54. The monoisotopic (exact) mass is 499 g/mol. The first-order chi connectivity index (χ1) is 12.8. The highest BCUT2D eigenvalue weighted by Crippen LogP contribution is 2.29. The van der Waals surface area contributed by atoms with Crippen molar-refractivity contribution in [1.82, 2.24) is 4.31 Å². The highest BCUT2D eigenvalue weighted by Gasteiger charge is 2.24. The zero-order chi connectivity index (χ0) is 19.6. The van der Waals surface area contributed by atoms with Crippen molar-refractivity contribution in [3.63, 3.8) is 0 Å². The molecule has 1 fully saturated rings. The van der Waals surface area contributed by atoms with Crippen molar-refractivity contribution in [3.8, 4) is 0 Å². The van der Waals surface area contributed by atoms with Crippen LogP contribution in [-0.2, 0) is 10.0 Å². The number of amides is 1. The molecule has 1 aliphatic heterocycles. The minimum Gasteiger partial charge on any atom is -0.371 e. The maximum Gasteiger partial charge on any atom is 0.257 e. The van der Waals surface area contributed by atoms with Gasteiger partial charge >= 0.3 is 0 Å². The van der Waals surface area contributed by atoms with Gasteiger partial charge in [-0.25, -0.2) is 12.7 Å². The molecule has 1 saturated heterocycles. The minimum absolute atomic E-state index is 0.114. The summed E-state index contributed by atoms with van der Waals surface area (Å²) in [5.74, 6) is -0.311. The zero-order valence-corrected chi connectivity index (χ0v) is 18.2. The van der Waals surface area contributed by atoms with Gasteiger partial charge in [0.15, 0.2) is 0 Å². The Bertz CT molecular complexity index is 937. The first-order valence-electron chi connectivity index (χ1n) is 8.67. The summed E-state index contributed by atoms with van der Waals surface area (Å²) in [7, 11) is -0.655. The van der Waals surface area contributed by atoms with Gasteiger partial charge in [-0.15, -0.1) is 0 Å². The molecule has 0 unspecified atom stereocenters. The van der Waals surface area contributed by atoms with Gasteiger partial charge in [0.25, 0.3) is 5.91 Å². The summed E-state index contributed by atoms with van der Waals surface area (Å²) in [6.45, 7) is 1.73. The molecule has 3 rings (SSSR count). The highest BCUT2D eigenvalue weighted by atomic mass is 127. The van der Waals surface area contributed by atoms with E-state index >= 15 is 0 Å². The Morgan fingerprint density at radius 1 is 1.07 bits per heavy atom. The van der Waals surface area contributed by atoms with Crippen LogP contribution in [-0.4, -0.2) is 45.8 Å². The molecule has 0 saturated carbocycles. The van der Waals surface area contributed by atoms with Gasteiger partial charge in [0, 0.05) is 42.1 Å². The van der Waals surface area contributed by atoms with Crippen LogP contribution in [0.2, 0.25) is 0 Å². The van der Waals surface area contributed by atoms with Crippen molar-refractivity contribution < 1.29 is 13.2 Å². The third-order valence-corrected chi connectivity index (χ3v) is 7.07. The second-order valence-electron chi connectivity index (χ2n) is 6.62. The molecule has 1 heterocycles. The molecule has 0 atom stereocenters. The van der Waals surface area contributed by atoms with Crippen molar-refractivity contribution in [3.05, 3.63) is 51.6 Å². The number of carbonyl (C=O) groups excluding carboxylic acids is 1. The normalized spacial score (nSPS) is 14.6. The molecule has 1 aliphatic rings. The molecule has 144 valence electrons. The molecule has 0 aliphatic carbocycles. The molecule has 1 amide bonds. The number of nitrogens with zero attached hydrogens (tertiary/aromatic N) is 2. The lowest BCUT2D eigenvalue weighted by atomic mass is 10.1. The van der Waals surface area contributed by atoms with Crippen LogP contribution in [0, 0.1) is 3.57 Å². The average molecular weight is 499 g/mol. The van der Waals surface area contributed by atoms with Gasteiger partial charge in [-0.3, -0.25) is 4.79 Å². The van der Waals surface area contributed by atoms with Crippen molar-refractivity contribution in [1.29, 1.82) is 0 Å². The van der Waals surface area contributed by atoms with E-state index in [0.717, 1.165) is 39.5 Å². The predicted octanol–water partition coefficient (Wildman–Crippen LogP) is 3.39. The van der Waals surface area contributed by atoms with Crippen LogP contribution in [0.4, 0.5) is 11.4 Å². The molecular weight excluding hydrogens is 477 g/mol. The fourth-order valence-electron chi connectivity index (χ4n) is 3.03. The summed E-state index contributed by atoms with van der Waals surface area (Å²) in [5, 5.41) is 2.88. The lowest BCUT2D eigenvalue weighted by Crippen LogP contribution is -2.25. The molecule has 6 nitrogen and oxygen atoms in total. The third kappa shape index (κ3) is 4.44. The van der Waals surface area contributed by atoms with Crippen LogP contribution < -0.4 is 10.2 Å². The van der Waals surface area contributed by atoms with E-state index in [1.54, 1.807) is 12.1 Å². The Kier molecular flexibility index (Phi) is 6.07. The van der Waals surface area contributed by atoms with Crippen molar-refractivity contribution in [2.45, 2.75) is 17.7 Å². The first kappa shape index (κ1) is 20.1. The number of rotatable bonds is 5. The van der Waals surface area contributed by atoms with Crippen molar-refractivity contribution in [2.75, 3.05) is 37.4 Å². The van der Waals surface area contributed by atoms with Crippen molar-refractivity contribution >= 4 is 49.9 Å². The molecule has 0 aromatic heterocycles. The van der Waals surface area contributed by atoms with Crippen LogP contribution >= 0.6 is 22.6 Å². The molecule has 0 bridgehead atoms. The Hall–Kier alpha value is -1.65. The van der Waals surface area contributed by atoms with E-state index in [1.165, 1.54) is 20.2 Å². The summed E-state index contributed by atoms with van der Waals surface area (Å²) in [6, 6.07) is 12.3. The number of benzene rings is 2. The molecule has 2 aromatic carbocycles. The molecule has 27 heavy (non-hydrogen) atoms. The van der Waals surface area contributed by atoms with E-state index in [-0.39, 0.29) is 10.8 Å². The lowest BCUT2D eigenvalue weighted by molar-refractivity contribution is 0.102. The van der Waals surface area contributed by atoms with Crippen LogP contribution in [0.3, 0.4) is 0 Å². The minimum atomic E-state index is -3.62. The fraction of sp³-hybridized carbons (Fsp3) is 0.316. The van der Waals surface area contributed by atoms with E-state index in [9.17, 15) is 13.2 Å². The number of carbonyl (C=O) groups is 1. The quantitative estimate of drug-likeness (QED) is 0.641. The second kappa shape index (κ2) is 8.15. The first-order valence-corrected chi connectivity index (χ1v) is 11.2. The van der Waals surface area contributed by atoms with E-state index in [0.29, 0.717) is 11.3 Å². The van der Waals surface area contributed by atoms with Gasteiger partial charge in [-0.2, -0.15) is 0 Å². The number of nitrogens with one attached hydrogen (secondary N) is 1. The van der Waals surface area contributed by atoms with Crippen molar-refractivity contribution in [2.24, 2.45) is 0 Å². The summed E-state index contributed by atoms with van der Waals surface area (Å²) >= 11 is 2.20. The maximum absolute atomic E-state index is 13.0. The molecule has 2 aromatic rings. The van der Waals surface area contributed by atoms with Crippen LogP contribution in [0.15, 0.2) is 47.4 Å². The largest absolute Gasteiger partial charge is 0.371 e. The number of anilines is 2. The summed E-state index contributed by atoms with van der Waals surface area (Å²) in [5.41, 5.74) is 1.82. The smallest absolute Gasteiger partial charge is 0.257 e. The van der Waals surface area contributed by atoms with Crippen LogP contribution in [0.5, 0.6) is 0 Å². The second-order valence-corrected chi connectivity index (χ2v) is 10.0. The standard InChI is InChI=1S/C19H22IN3O3S/c1-22(2)27(25,26)16-9-10-18(23-11-3-4-12-23)17(13-16)19(24)21-15-7-5-14(20)6-8-15/h5-10,13H,3-4,11-12H2,1-2H3,(H,21,24). The SMILES string of the molecule is CN(C)S(=O)(=O)c1ccc(N2CCCC2)c(C(=O)Nc2ccc(I)cc2)c1. The van der Waals surface area contributed by atoms with Crippen LogP contribution in [0.1, 0.15) is 23.2 Å². The molecule has 8 heteroatoms.